The molecule has 0 radical (unpaired) electrons. The van der Waals surface area contributed by atoms with Gasteiger partial charge in [-0.2, -0.15) is 0 Å². The maximum Gasteiger partial charge on any atom is 0.306 e. The number of fused-ring (bicyclic) bond motifs is 5. The third-order valence-corrected chi connectivity index (χ3v) is 9.75. The van der Waals surface area contributed by atoms with Crippen molar-refractivity contribution < 1.29 is 33.7 Å². The van der Waals surface area contributed by atoms with Crippen molar-refractivity contribution in [2.24, 2.45) is 28.6 Å². The smallest absolute Gasteiger partial charge is 0.306 e. The maximum absolute atomic E-state index is 17.3. The standard InChI is InChI=1S/C27H37FO6/c1-5-6-7-23(33)34-27(22(32)15-29)16(2)12-20-19-9-8-17-13-18(30)10-11-24(17,3)26(19,28)21(31)14-25(20,27)4/h10-11,13,16,19-21,29,31H,5-9,12,14-15H2,1-4H3/t16-,19+,20+,21+,24+,25+,26+,27+/m1/s1. The summed E-state index contributed by atoms with van der Waals surface area (Å²) in [6.07, 6.45) is 5.92. The molecule has 3 saturated carbocycles. The summed E-state index contributed by atoms with van der Waals surface area (Å²) in [5, 5.41) is 21.4. The molecule has 0 unspecified atom stereocenters. The van der Waals surface area contributed by atoms with Crippen LogP contribution in [0.25, 0.3) is 0 Å². The van der Waals surface area contributed by atoms with Crippen LogP contribution in [0.15, 0.2) is 23.8 Å². The monoisotopic (exact) mass is 476 g/mol. The van der Waals surface area contributed by atoms with Crippen LogP contribution in [0, 0.1) is 28.6 Å². The summed E-state index contributed by atoms with van der Waals surface area (Å²) >= 11 is 0. The Morgan fingerprint density at radius 3 is 2.62 bits per heavy atom. The molecule has 0 bridgehead atoms. The van der Waals surface area contributed by atoms with Gasteiger partial charge in [-0.05, 0) is 57.1 Å². The van der Waals surface area contributed by atoms with Gasteiger partial charge in [-0.25, -0.2) is 4.39 Å². The highest BCUT2D eigenvalue weighted by molar-refractivity contribution is 6.01. The van der Waals surface area contributed by atoms with E-state index in [1.54, 1.807) is 13.0 Å². The number of aliphatic hydroxyl groups excluding tert-OH is 2. The molecule has 0 aromatic rings. The van der Waals surface area contributed by atoms with E-state index in [1.165, 1.54) is 12.2 Å². The van der Waals surface area contributed by atoms with Crippen molar-refractivity contribution in [1.29, 1.82) is 0 Å². The molecule has 0 aromatic heterocycles. The van der Waals surface area contributed by atoms with Gasteiger partial charge in [0, 0.05) is 29.1 Å². The Bertz CT molecular complexity index is 957. The van der Waals surface area contributed by atoms with Crippen LogP contribution < -0.4 is 0 Å². The quantitative estimate of drug-likeness (QED) is 0.568. The van der Waals surface area contributed by atoms with Crippen LogP contribution in [0.4, 0.5) is 4.39 Å². The second-order valence-corrected chi connectivity index (χ2v) is 11.3. The number of rotatable bonds is 6. The number of esters is 1. The van der Waals surface area contributed by atoms with Gasteiger partial charge in [-0.3, -0.25) is 14.4 Å². The Kier molecular flexibility index (Phi) is 6.21. The molecule has 188 valence electrons. The molecule has 34 heavy (non-hydrogen) atoms. The normalized spacial score (nSPS) is 45.1. The molecule has 0 amide bonds. The van der Waals surface area contributed by atoms with Gasteiger partial charge in [0.2, 0.25) is 5.78 Å². The van der Waals surface area contributed by atoms with E-state index in [1.807, 2.05) is 20.8 Å². The number of allylic oxidation sites excluding steroid dienone is 4. The van der Waals surface area contributed by atoms with Gasteiger partial charge in [-0.1, -0.05) is 38.8 Å². The number of Topliss-reactive ketones (excluding diaryl/α,β-unsaturated/α-hetero) is 1. The summed E-state index contributed by atoms with van der Waals surface area (Å²) in [6, 6.07) is 0. The molecule has 3 fully saturated rings. The molecule has 8 atom stereocenters. The maximum atomic E-state index is 17.3. The number of carbonyl (C=O) groups is 3. The minimum atomic E-state index is -2.03. The number of halogens is 1. The molecule has 0 heterocycles. The first-order chi connectivity index (χ1) is 15.9. The predicted molar refractivity (Wildman–Crippen MR) is 123 cm³/mol. The van der Waals surface area contributed by atoms with Gasteiger partial charge < -0.3 is 14.9 Å². The topological polar surface area (TPSA) is 101 Å². The van der Waals surface area contributed by atoms with Gasteiger partial charge in [-0.15, -0.1) is 0 Å². The molecule has 2 N–H and O–H groups in total. The highest BCUT2D eigenvalue weighted by Crippen LogP contribution is 2.71. The first-order valence-electron chi connectivity index (χ1n) is 12.6. The third-order valence-electron chi connectivity index (χ3n) is 9.75. The fraction of sp³-hybridized carbons (Fsp3) is 0.741. The van der Waals surface area contributed by atoms with Crippen molar-refractivity contribution in [2.75, 3.05) is 6.61 Å². The Labute approximate surface area is 200 Å². The number of ketones is 2. The van der Waals surface area contributed by atoms with Gasteiger partial charge in [0.25, 0.3) is 0 Å². The number of hydrogen-bond donors (Lipinski definition) is 2. The zero-order valence-corrected chi connectivity index (χ0v) is 20.6. The Morgan fingerprint density at radius 2 is 1.97 bits per heavy atom. The van der Waals surface area contributed by atoms with Gasteiger partial charge in [0.15, 0.2) is 17.1 Å². The molecular weight excluding hydrogens is 439 g/mol. The molecule has 0 saturated heterocycles. The average Bonchev–Trinajstić information content (AvgIpc) is 3.00. The lowest BCUT2D eigenvalue weighted by molar-refractivity contribution is -0.228. The van der Waals surface area contributed by atoms with E-state index >= 15 is 4.39 Å². The van der Waals surface area contributed by atoms with Crippen molar-refractivity contribution in [2.45, 2.75) is 90.0 Å². The molecule has 0 aliphatic heterocycles. The van der Waals surface area contributed by atoms with E-state index in [9.17, 15) is 24.6 Å². The molecule has 0 spiro atoms. The van der Waals surface area contributed by atoms with Crippen molar-refractivity contribution >= 4 is 17.5 Å². The van der Waals surface area contributed by atoms with Crippen molar-refractivity contribution in [3.63, 3.8) is 0 Å². The molecule has 0 aromatic carbocycles. The highest BCUT2D eigenvalue weighted by atomic mass is 19.1. The summed E-state index contributed by atoms with van der Waals surface area (Å²) in [7, 11) is 0. The number of unbranched alkanes of at least 4 members (excludes halogenated alkanes) is 1. The lowest BCUT2D eigenvalue weighted by Crippen LogP contribution is -2.70. The number of carbonyl (C=O) groups excluding carboxylic acids is 3. The van der Waals surface area contributed by atoms with E-state index in [0.717, 1.165) is 6.42 Å². The summed E-state index contributed by atoms with van der Waals surface area (Å²) in [5.74, 6) is -2.62. The Hall–Kier alpha value is -1.86. The van der Waals surface area contributed by atoms with Crippen LogP contribution >= 0.6 is 0 Å². The molecule has 4 aliphatic carbocycles. The van der Waals surface area contributed by atoms with E-state index in [2.05, 4.69) is 0 Å². The van der Waals surface area contributed by atoms with E-state index < -0.39 is 58.4 Å². The van der Waals surface area contributed by atoms with E-state index in [0.29, 0.717) is 31.3 Å². The first-order valence-corrected chi connectivity index (χ1v) is 12.6. The molecule has 4 aliphatic rings. The zero-order chi connectivity index (χ0) is 25.1. The van der Waals surface area contributed by atoms with Crippen molar-refractivity contribution in [3.05, 3.63) is 23.8 Å². The van der Waals surface area contributed by atoms with Crippen molar-refractivity contribution in [1.82, 2.24) is 0 Å². The number of aliphatic hydroxyl groups is 2. The molecule has 6 nitrogen and oxygen atoms in total. The summed E-state index contributed by atoms with van der Waals surface area (Å²) in [6.45, 7) is 6.55. The van der Waals surface area contributed by atoms with Gasteiger partial charge in [0.05, 0.1) is 6.10 Å². The second-order valence-electron chi connectivity index (χ2n) is 11.3. The van der Waals surface area contributed by atoms with Crippen LogP contribution in [-0.4, -0.2) is 51.7 Å². The molecular formula is C27H37FO6. The van der Waals surface area contributed by atoms with Gasteiger partial charge >= 0.3 is 5.97 Å². The largest absolute Gasteiger partial charge is 0.450 e. The third kappa shape index (κ3) is 3.08. The number of alkyl halides is 1. The van der Waals surface area contributed by atoms with E-state index in [4.69, 9.17) is 4.74 Å². The lowest BCUT2D eigenvalue weighted by Gasteiger charge is -2.62. The average molecular weight is 477 g/mol. The number of ether oxygens (including phenoxy) is 1. The molecule has 4 rings (SSSR count). The second kappa shape index (κ2) is 8.37. The highest BCUT2D eigenvalue weighted by Gasteiger charge is 2.77. The van der Waals surface area contributed by atoms with Crippen LogP contribution in [0.5, 0.6) is 0 Å². The minimum Gasteiger partial charge on any atom is -0.450 e. The van der Waals surface area contributed by atoms with Crippen LogP contribution in [0.1, 0.15) is 72.6 Å². The lowest BCUT2D eigenvalue weighted by atomic mass is 9.44. The fourth-order valence-electron chi connectivity index (χ4n) is 8.07. The van der Waals surface area contributed by atoms with Crippen LogP contribution in [0.2, 0.25) is 0 Å². The first kappa shape index (κ1) is 25.2. The summed E-state index contributed by atoms with van der Waals surface area (Å²) < 4.78 is 23.3. The van der Waals surface area contributed by atoms with Crippen molar-refractivity contribution in [3.8, 4) is 0 Å². The zero-order valence-electron chi connectivity index (χ0n) is 20.6. The Morgan fingerprint density at radius 1 is 1.26 bits per heavy atom. The van der Waals surface area contributed by atoms with E-state index in [-0.39, 0.29) is 24.5 Å². The summed E-state index contributed by atoms with van der Waals surface area (Å²) in [4.78, 5) is 38.1. The minimum absolute atomic E-state index is 0.0769. The van der Waals surface area contributed by atoms with Crippen LogP contribution in [0.3, 0.4) is 0 Å². The fourth-order valence-corrected chi connectivity index (χ4v) is 8.07. The van der Waals surface area contributed by atoms with Gasteiger partial charge in [0.1, 0.15) is 6.61 Å². The number of hydrogen-bond acceptors (Lipinski definition) is 6. The van der Waals surface area contributed by atoms with Crippen LogP contribution in [-0.2, 0) is 19.1 Å². The predicted octanol–water partition coefficient (Wildman–Crippen LogP) is 3.64. The SMILES string of the molecule is CCCCC(=O)O[C@]1(C(=O)CO)[C@H](C)C[C@H]2[C@@H]3CCC4=CC(=O)C=C[C@]4(C)[C@@]3(F)[C@@H](O)C[C@@]21C. The molecule has 7 heteroatoms. The Balaban J connectivity index is 1.80. The summed E-state index contributed by atoms with van der Waals surface area (Å²) in [5.41, 5.74) is -5.11.